The second kappa shape index (κ2) is 5.54. The molecule has 2 N–H and O–H groups in total. The summed E-state index contributed by atoms with van der Waals surface area (Å²) >= 11 is 6.10. The van der Waals surface area contributed by atoms with E-state index in [9.17, 15) is 4.39 Å². The van der Waals surface area contributed by atoms with E-state index in [1.54, 1.807) is 13.2 Å². The van der Waals surface area contributed by atoms with Crippen molar-refractivity contribution in [3.05, 3.63) is 58.4 Å². The van der Waals surface area contributed by atoms with Crippen molar-refractivity contribution < 1.29 is 13.9 Å². The van der Waals surface area contributed by atoms with Crippen LogP contribution in [0.2, 0.25) is 5.02 Å². The summed E-state index contributed by atoms with van der Waals surface area (Å²) in [6.45, 7) is 0. The number of ether oxygens (including phenoxy) is 2. The van der Waals surface area contributed by atoms with E-state index in [4.69, 9.17) is 26.8 Å². The predicted octanol–water partition coefficient (Wildman–Crippen LogP) is 4.01. The molecule has 2 aromatic carbocycles. The number of methoxy groups -OCH3 is 1. The van der Waals surface area contributed by atoms with Gasteiger partial charge in [-0.15, -0.1) is 0 Å². The Morgan fingerprint density at radius 3 is 2.76 bits per heavy atom. The zero-order valence-corrected chi connectivity index (χ0v) is 12.2. The molecular weight excluding hydrogens is 293 g/mol. The second-order valence-electron chi connectivity index (χ2n) is 5.02. The lowest BCUT2D eigenvalue weighted by Gasteiger charge is -2.31. The summed E-state index contributed by atoms with van der Waals surface area (Å²) in [5.41, 5.74) is 7.88. The second-order valence-corrected chi connectivity index (χ2v) is 5.43. The van der Waals surface area contributed by atoms with Crippen molar-refractivity contribution in [2.45, 2.75) is 18.6 Å². The number of hydrogen-bond donors (Lipinski definition) is 1. The van der Waals surface area contributed by atoms with Crippen LogP contribution in [-0.4, -0.2) is 7.11 Å². The monoisotopic (exact) mass is 307 g/mol. The lowest BCUT2D eigenvalue weighted by atomic mass is 9.93. The van der Waals surface area contributed by atoms with Gasteiger partial charge in [0.05, 0.1) is 12.1 Å². The van der Waals surface area contributed by atoms with Crippen molar-refractivity contribution in [1.29, 1.82) is 0 Å². The average molecular weight is 308 g/mol. The topological polar surface area (TPSA) is 44.5 Å². The lowest BCUT2D eigenvalue weighted by molar-refractivity contribution is 0.161. The zero-order chi connectivity index (χ0) is 15.0. The molecule has 0 spiro atoms. The van der Waals surface area contributed by atoms with Crippen molar-refractivity contribution >= 4 is 11.6 Å². The van der Waals surface area contributed by atoms with Crippen LogP contribution in [0.4, 0.5) is 4.39 Å². The van der Waals surface area contributed by atoms with Gasteiger partial charge in [0.15, 0.2) is 0 Å². The minimum Gasteiger partial charge on any atom is -0.497 e. The summed E-state index contributed by atoms with van der Waals surface area (Å²) in [4.78, 5) is 0. The Morgan fingerprint density at radius 2 is 2.05 bits per heavy atom. The van der Waals surface area contributed by atoms with Gasteiger partial charge in [0.25, 0.3) is 0 Å². The van der Waals surface area contributed by atoms with Crippen LogP contribution in [0.25, 0.3) is 0 Å². The Morgan fingerprint density at radius 1 is 1.24 bits per heavy atom. The molecule has 3 rings (SSSR count). The maximum atomic E-state index is 13.1. The van der Waals surface area contributed by atoms with Crippen molar-refractivity contribution in [1.82, 2.24) is 0 Å². The van der Waals surface area contributed by atoms with Crippen LogP contribution < -0.4 is 15.2 Å². The highest BCUT2D eigenvalue weighted by molar-refractivity contribution is 6.31. The number of hydrogen-bond acceptors (Lipinski definition) is 3. The van der Waals surface area contributed by atoms with E-state index < -0.39 is 0 Å². The lowest BCUT2D eigenvalue weighted by Crippen LogP contribution is -2.24. The third-order valence-corrected chi connectivity index (χ3v) is 3.99. The first-order chi connectivity index (χ1) is 10.1. The number of benzene rings is 2. The van der Waals surface area contributed by atoms with Gasteiger partial charge in [-0.1, -0.05) is 17.7 Å². The Hall–Kier alpha value is -1.78. The molecule has 2 aromatic rings. The van der Waals surface area contributed by atoms with Gasteiger partial charge in [0.1, 0.15) is 23.4 Å². The van der Waals surface area contributed by atoms with E-state index in [0.717, 1.165) is 16.9 Å². The highest BCUT2D eigenvalue weighted by Crippen LogP contribution is 2.42. The zero-order valence-electron chi connectivity index (χ0n) is 11.5. The quantitative estimate of drug-likeness (QED) is 0.911. The van der Waals surface area contributed by atoms with E-state index in [1.165, 1.54) is 12.1 Å². The fourth-order valence-electron chi connectivity index (χ4n) is 2.56. The molecule has 3 nitrogen and oxygen atoms in total. The summed E-state index contributed by atoms with van der Waals surface area (Å²) in [6, 6.07) is 9.65. The van der Waals surface area contributed by atoms with Gasteiger partial charge in [-0.05, 0) is 30.3 Å². The van der Waals surface area contributed by atoms with Crippen molar-refractivity contribution in [2.24, 2.45) is 5.73 Å². The number of fused-ring (bicyclic) bond motifs is 1. The molecule has 0 bridgehead atoms. The normalized spacial score (nSPS) is 20.6. The fraction of sp³-hybridized carbons (Fsp3) is 0.250. The first-order valence-electron chi connectivity index (χ1n) is 6.63. The van der Waals surface area contributed by atoms with Crippen LogP contribution >= 0.6 is 11.6 Å². The highest BCUT2D eigenvalue weighted by Gasteiger charge is 2.28. The minimum absolute atomic E-state index is 0.185. The Labute approximate surface area is 127 Å². The SMILES string of the molecule is COc1ccc2c(c1)C(N)CC(c1ccc(F)cc1Cl)O2. The van der Waals surface area contributed by atoms with Gasteiger partial charge in [-0.2, -0.15) is 0 Å². The predicted molar refractivity (Wildman–Crippen MR) is 79.3 cm³/mol. The van der Waals surface area contributed by atoms with E-state index in [2.05, 4.69) is 0 Å². The summed E-state index contributed by atoms with van der Waals surface area (Å²) in [5, 5.41) is 0.351. The molecule has 0 saturated carbocycles. The van der Waals surface area contributed by atoms with Crippen molar-refractivity contribution in [3.8, 4) is 11.5 Å². The third kappa shape index (κ3) is 2.69. The van der Waals surface area contributed by atoms with Crippen LogP contribution in [0.3, 0.4) is 0 Å². The molecule has 1 heterocycles. The summed E-state index contributed by atoms with van der Waals surface area (Å²) in [6.07, 6.45) is 0.292. The van der Waals surface area contributed by atoms with Gasteiger partial charge in [0.2, 0.25) is 0 Å². The number of rotatable bonds is 2. The summed E-state index contributed by atoms with van der Waals surface area (Å²) in [7, 11) is 1.61. The van der Waals surface area contributed by atoms with E-state index >= 15 is 0 Å². The summed E-state index contributed by atoms with van der Waals surface area (Å²) < 4.78 is 24.3. The van der Waals surface area contributed by atoms with Crippen LogP contribution in [0.5, 0.6) is 11.5 Å². The molecule has 1 aliphatic rings. The van der Waals surface area contributed by atoms with E-state index in [1.807, 2.05) is 18.2 Å². The van der Waals surface area contributed by atoms with E-state index in [-0.39, 0.29) is 18.0 Å². The first-order valence-corrected chi connectivity index (χ1v) is 7.01. The highest BCUT2D eigenvalue weighted by atomic mass is 35.5. The van der Waals surface area contributed by atoms with Crippen LogP contribution in [0.15, 0.2) is 36.4 Å². The maximum Gasteiger partial charge on any atom is 0.127 e. The molecule has 0 amide bonds. The molecule has 1 aliphatic heterocycles. The molecule has 0 aromatic heterocycles. The van der Waals surface area contributed by atoms with E-state index in [0.29, 0.717) is 17.2 Å². The average Bonchev–Trinajstić information content (AvgIpc) is 2.47. The molecule has 5 heteroatoms. The maximum absolute atomic E-state index is 13.1. The minimum atomic E-state index is -0.367. The smallest absolute Gasteiger partial charge is 0.127 e. The molecule has 2 atom stereocenters. The largest absolute Gasteiger partial charge is 0.497 e. The van der Waals surface area contributed by atoms with Gasteiger partial charge >= 0.3 is 0 Å². The van der Waals surface area contributed by atoms with Gasteiger partial charge in [0, 0.05) is 23.6 Å². The van der Waals surface area contributed by atoms with Crippen LogP contribution in [-0.2, 0) is 0 Å². The molecule has 110 valence electrons. The molecule has 0 fully saturated rings. The summed E-state index contributed by atoms with van der Waals surface area (Å²) in [5.74, 6) is 1.08. The van der Waals surface area contributed by atoms with Gasteiger partial charge in [-0.3, -0.25) is 0 Å². The number of nitrogens with two attached hydrogens (primary N) is 1. The molecule has 2 unspecified atom stereocenters. The van der Waals surface area contributed by atoms with Gasteiger partial charge in [-0.25, -0.2) is 4.39 Å². The molecule has 0 aliphatic carbocycles. The fourth-order valence-corrected chi connectivity index (χ4v) is 2.85. The van der Waals surface area contributed by atoms with Crippen LogP contribution in [0, 0.1) is 5.82 Å². The molecule has 0 radical (unpaired) electrons. The molecule has 0 saturated heterocycles. The Balaban J connectivity index is 1.94. The standard InChI is InChI=1S/C16H15ClFNO2/c1-20-10-3-5-15-12(7-10)14(19)8-16(21-15)11-4-2-9(18)6-13(11)17/h2-7,14,16H,8,19H2,1H3. The van der Waals surface area contributed by atoms with Gasteiger partial charge < -0.3 is 15.2 Å². The van der Waals surface area contributed by atoms with Crippen LogP contribution in [0.1, 0.15) is 29.7 Å². The molecular formula is C16H15ClFNO2. The third-order valence-electron chi connectivity index (χ3n) is 3.66. The van der Waals surface area contributed by atoms with Crippen molar-refractivity contribution in [2.75, 3.05) is 7.11 Å². The van der Waals surface area contributed by atoms with Crippen molar-refractivity contribution in [3.63, 3.8) is 0 Å². The Kier molecular flexibility index (Phi) is 3.74. The number of halogens is 2. The first kappa shape index (κ1) is 14.2. The Bertz CT molecular complexity index is 677. The molecule has 21 heavy (non-hydrogen) atoms.